The van der Waals surface area contributed by atoms with E-state index in [-0.39, 0.29) is 5.95 Å². The molecule has 180 valence electrons. The minimum atomic E-state index is -4.34. The van der Waals surface area contributed by atoms with E-state index in [1.54, 1.807) is 20.3 Å². The van der Waals surface area contributed by atoms with Crippen LogP contribution in [0.4, 0.5) is 19.1 Å². The summed E-state index contributed by atoms with van der Waals surface area (Å²) in [4.78, 5) is 11.2. The number of para-hydroxylation sites is 1. The van der Waals surface area contributed by atoms with Gasteiger partial charge in [0, 0.05) is 25.6 Å². The highest BCUT2D eigenvalue weighted by Crippen LogP contribution is 2.29. The van der Waals surface area contributed by atoms with E-state index in [0.29, 0.717) is 55.4 Å². The first-order chi connectivity index (χ1) is 16.3. The normalized spacial score (nSPS) is 12.2. The fraction of sp³-hybridized carbons (Fsp3) is 0.348. The van der Waals surface area contributed by atoms with E-state index in [4.69, 9.17) is 15.2 Å². The lowest BCUT2D eigenvalue weighted by Crippen LogP contribution is -2.29. The van der Waals surface area contributed by atoms with Gasteiger partial charge in [-0.05, 0) is 36.2 Å². The van der Waals surface area contributed by atoms with Crippen molar-refractivity contribution in [2.24, 2.45) is 0 Å². The standard InChI is InChI=1S/C23H25F3N6O2/c1-33-13-12-31(11-10-15-6-8-16(9-7-15)23(24,25)26)14-19-28-21-17-4-3-5-18(34-2)20(17)29-22(27)32(21)30-19/h3-9H,10-14H2,1-2H3,(H2,27,29). The van der Waals surface area contributed by atoms with Crippen LogP contribution in [-0.4, -0.2) is 58.4 Å². The molecule has 0 aliphatic carbocycles. The van der Waals surface area contributed by atoms with E-state index >= 15 is 0 Å². The van der Waals surface area contributed by atoms with Crippen molar-refractivity contribution in [1.29, 1.82) is 0 Å². The second kappa shape index (κ2) is 9.82. The third-order valence-corrected chi connectivity index (χ3v) is 5.53. The van der Waals surface area contributed by atoms with E-state index in [2.05, 4.69) is 20.0 Å². The Kier molecular flexibility index (Phi) is 6.85. The zero-order valence-corrected chi connectivity index (χ0v) is 18.8. The SMILES string of the molecule is COCCN(CCc1ccc(C(F)(F)F)cc1)Cc1nc2c3cccc(OC)c3nc(N)n2n1. The first kappa shape index (κ1) is 23.7. The maximum absolute atomic E-state index is 12.8. The van der Waals surface area contributed by atoms with Gasteiger partial charge in [-0.1, -0.05) is 18.2 Å². The minimum Gasteiger partial charge on any atom is -0.494 e. The van der Waals surface area contributed by atoms with Crippen LogP contribution in [0.5, 0.6) is 5.75 Å². The Morgan fingerprint density at radius 3 is 2.47 bits per heavy atom. The number of ether oxygens (including phenoxy) is 2. The van der Waals surface area contributed by atoms with E-state index in [1.807, 2.05) is 12.1 Å². The summed E-state index contributed by atoms with van der Waals surface area (Å²) >= 11 is 0. The molecule has 34 heavy (non-hydrogen) atoms. The Labute approximate surface area is 194 Å². The first-order valence-corrected chi connectivity index (χ1v) is 10.7. The lowest BCUT2D eigenvalue weighted by Gasteiger charge is -2.20. The van der Waals surface area contributed by atoms with Crippen molar-refractivity contribution in [2.45, 2.75) is 19.1 Å². The highest BCUT2D eigenvalue weighted by atomic mass is 19.4. The number of halogens is 3. The van der Waals surface area contributed by atoms with Gasteiger partial charge in [0.05, 0.1) is 25.8 Å². The highest BCUT2D eigenvalue weighted by Gasteiger charge is 2.29. The number of nitrogen functional groups attached to an aromatic ring is 1. The number of fused-ring (bicyclic) bond motifs is 3. The Balaban J connectivity index is 1.55. The number of anilines is 1. The third kappa shape index (κ3) is 5.05. The number of benzene rings is 2. The summed E-state index contributed by atoms with van der Waals surface area (Å²) in [5.74, 6) is 1.33. The van der Waals surface area contributed by atoms with Gasteiger partial charge < -0.3 is 15.2 Å². The summed E-state index contributed by atoms with van der Waals surface area (Å²) in [5, 5.41) is 5.29. The average molecular weight is 474 g/mol. The molecule has 0 unspecified atom stereocenters. The summed E-state index contributed by atoms with van der Waals surface area (Å²) in [5.41, 5.74) is 7.46. The van der Waals surface area contributed by atoms with Crippen LogP contribution in [-0.2, 0) is 23.9 Å². The summed E-state index contributed by atoms with van der Waals surface area (Å²) in [6.45, 7) is 2.10. The number of nitrogens with two attached hydrogens (primary N) is 1. The lowest BCUT2D eigenvalue weighted by atomic mass is 10.1. The van der Waals surface area contributed by atoms with Crippen molar-refractivity contribution >= 4 is 22.5 Å². The molecule has 0 fully saturated rings. The van der Waals surface area contributed by atoms with Gasteiger partial charge in [-0.15, -0.1) is 5.10 Å². The van der Waals surface area contributed by atoms with Gasteiger partial charge in [0.2, 0.25) is 5.95 Å². The molecule has 0 atom stereocenters. The quantitative estimate of drug-likeness (QED) is 0.397. The van der Waals surface area contributed by atoms with Crippen LogP contribution >= 0.6 is 0 Å². The van der Waals surface area contributed by atoms with Crippen LogP contribution in [0.15, 0.2) is 42.5 Å². The molecule has 0 saturated carbocycles. The van der Waals surface area contributed by atoms with E-state index in [1.165, 1.54) is 16.6 Å². The number of hydrogen-bond donors (Lipinski definition) is 1. The van der Waals surface area contributed by atoms with Crippen molar-refractivity contribution in [3.8, 4) is 5.75 Å². The van der Waals surface area contributed by atoms with Crippen molar-refractivity contribution in [3.63, 3.8) is 0 Å². The molecule has 0 aliphatic heterocycles. The summed E-state index contributed by atoms with van der Waals surface area (Å²) < 4.78 is 50.5. The monoisotopic (exact) mass is 474 g/mol. The van der Waals surface area contributed by atoms with E-state index in [9.17, 15) is 13.2 Å². The van der Waals surface area contributed by atoms with E-state index < -0.39 is 11.7 Å². The molecule has 0 bridgehead atoms. The zero-order valence-electron chi connectivity index (χ0n) is 18.8. The Morgan fingerprint density at radius 1 is 1.03 bits per heavy atom. The van der Waals surface area contributed by atoms with Crippen LogP contribution < -0.4 is 10.5 Å². The first-order valence-electron chi connectivity index (χ1n) is 10.7. The summed E-state index contributed by atoms with van der Waals surface area (Å²) in [6.07, 6.45) is -3.78. The number of rotatable bonds is 9. The van der Waals surface area contributed by atoms with Crippen LogP contribution in [0.25, 0.3) is 16.6 Å². The third-order valence-electron chi connectivity index (χ3n) is 5.53. The highest BCUT2D eigenvalue weighted by molar-refractivity contribution is 5.95. The second-order valence-corrected chi connectivity index (χ2v) is 7.80. The van der Waals surface area contributed by atoms with Crippen LogP contribution in [0.3, 0.4) is 0 Å². The van der Waals surface area contributed by atoms with Gasteiger partial charge >= 0.3 is 6.18 Å². The molecule has 4 rings (SSSR count). The van der Waals surface area contributed by atoms with Crippen molar-refractivity contribution in [2.75, 3.05) is 39.6 Å². The average Bonchev–Trinajstić information content (AvgIpc) is 3.25. The largest absolute Gasteiger partial charge is 0.494 e. The lowest BCUT2D eigenvalue weighted by molar-refractivity contribution is -0.137. The molecule has 4 aromatic rings. The second-order valence-electron chi connectivity index (χ2n) is 7.80. The van der Waals surface area contributed by atoms with E-state index in [0.717, 1.165) is 23.1 Å². The molecular formula is C23H25F3N6O2. The van der Waals surface area contributed by atoms with Crippen LogP contribution in [0.2, 0.25) is 0 Å². The van der Waals surface area contributed by atoms with Gasteiger partial charge in [-0.25, -0.2) is 9.97 Å². The topological polar surface area (TPSA) is 90.8 Å². The molecule has 2 aromatic carbocycles. The predicted molar refractivity (Wildman–Crippen MR) is 122 cm³/mol. The molecule has 0 spiro atoms. The number of nitrogens with zero attached hydrogens (tertiary/aromatic N) is 5. The Morgan fingerprint density at radius 2 is 1.79 bits per heavy atom. The number of hydrogen-bond acceptors (Lipinski definition) is 7. The number of alkyl halides is 3. The van der Waals surface area contributed by atoms with Gasteiger partial charge in [0.25, 0.3) is 0 Å². The smallest absolute Gasteiger partial charge is 0.416 e. The molecular weight excluding hydrogens is 449 g/mol. The molecule has 0 radical (unpaired) electrons. The molecule has 11 heteroatoms. The molecule has 2 aromatic heterocycles. The molecule has 8 nitrogen and oxygen atoms in total. The fourth-order valence-electron chi connectivity index (χ4n) is 3.74. The van der Waals surface area contributed by atoms with Crippen molar-refractivity contribution < 1.29 is 22.6 Å². The predicted octanol–water partition coefficient (Wildman–Crippen LogP) is 3.58. The molecule has 0 aliphatic rings. The van der Waals surface area contributed by atoms with Crippen molar-refractivity contribution in [3.05, 3.63) is 59.4 Å². The summed E-state index contributed by atoms with van der Waals surface area (Å²) in [7, 11) is 3.18. The number of aromatic nitrogens is 4. The fourth-order valence-corrected chi connectivity index (χ4v) is 3.74. The zero-order chi connectivity index (χ0) is 24.3. The molecule has 0 saturated heterocycles. The molecule has 2 N–H and O–H groups in total. The maximum Gasteiger partial charge on any atom is 0.416 e. The minimum absolute atomic E-state index is 0.193. The Bertz CT molecular complexity index is 1270. The van der Waals surface area contributed by atoms with Gasteiger partial charge in [0.15, 0.2) is 11.5 Å². The Hall–Kier alpha value is -3.44. The number of methoxy groups -OCH3 is 2. The van der Waals surface area contributed by atoms with Gasteiger partial charge in [0.1, 0.15) is 11.3 Å². The molecule has 2 heterocycles. The maximum atomic E-state index is 12.8. The van der Waals surface area contributed by atoms with Gasteiger partial charge in [-0.2, -0.15) is 17.7 Å². The van der Waals surface area contributed by atoms with Crippen LogP contribution in [0, 0.1) is 0 Å². The van der Waals surface area contributed by atoms with Gasteiger partial charge in [-0.3, -0.25) is 4.90 Å². The summed E-state index contributed by atoms with van der Waals surface area (Å²) in [6, 6.07) is 10.8. The van der Waals surface area contributed by atoms with Crippen molar-refractivity contribution in [1.82, 2.24) is 24.5 Å². The molecule has 0 amide bonds. The van der Waals surface area contributed by atoms with Crippen LogP contribution in [0.1, 0.15) is 17.0 Å².